The first-order valence-corrected chi connectivity index (χ1v) is 11.1. The highest BCUT2D eigenvalue weighted by molar-refractivity contribution is 5.92. The number of nitrogens with zero attached hydrogens (tertiary/aromatic N) is 2. The van der Waals surface area contributed by atoms with Crippen LogP contribution in [-0.2, 0) is 4.74 Å². The van der Waals surface area contributed by atoms with Gasteiger partial charge in [0.25, 0.3) is 0 Å². The number of piperidine rings is 1. The fourth-order valence-corrected chi connectivity index (χ4v) is 3.98. The Bertz CT molecular complexity index is 1100. The summed E-state index contributed by atoms with van der Waals surface area (Å²) in [5, 5.41) is 10.5. The van der Waals surface area contributed by atoms with Gasteiger partial charge in [0.05, 0.1) is 25.0 Å². The van der Waals surface area contributed by atoms with Crippen molar-refractivity contribution in [3.05, 3.63) is 65.9 Å². The number of amides is 2. The van der Waals surface area contributed by atoms with Gasteiger partial charge in [0.15, 0.2) is 0 Å². The van der Waals surface area contributed by atoms with E-state index in [-0.39, 0.29) is 12.0 Å². The van der Waals surface area contributed by atoms with Crippen LogP contribution < -0.4 is 10.1 Å². The Labute approximate surface area is 192 Å². The number of ether oxygens (including phenoxy) is 2. The number of aromatic nitrogens is 2. The number of methoxy groups -OCH3 is 1. The summed E-state index contributed by atoms with van der Waals surface area (Å²) in [6.45, 7) is 3.41. The van der Waals surface area contributed by atoms with Crippen LogP contribution in [0.2, 0.25) is 0 Å². The lowest BCUT2D eigenvalue weighted by atomic mass is 9.93. The Morgan fingerprint density at radius 3 is 2.58 bits per heavy atom. The van der Waals surface area contributed by atoms with Crippen molar-refractivity contribution in [2.75, 3.05) is 32.1 Å². The molecular weight excluding hydrogens is 420 g/mol. The molecule has 0 aliphatic carbocycles. The first-order valence-electron chi connectivity index (χ1n) is 11.1. The van der Waals surface area contributed by atoms with Crippen LogP contribution in [0, 0.1) is 0 Å². The Hall–Kier alpha value is -3.81. The SMILES string of the molecule is CCOC(=O)c1ccc(NC(=O)N2CCC(c3cc(-c4cccc(OC)c4)n[nH]3)CC2)cc1. The number of esters is 1. The molecule has 33 heavy (non-hydrogen) atoms. The quantitative estimate of drug-likeness (QED) is 0.534. The summed E-state index contributed by atoms with van der Waals surface area (Å²) in [5.74, 6) is 0.752. The number of anilines is 1. The largest absolute Gasteiger partial charge is 0.497 e. The minimum Gasteiger partial charge on any atom is -0.497 e. The summed E-state index contributed by atoms with van der Waals surface area (Å²) in [7, 11) is 1.65. The maximum atomic E-state index is 12.7. The Kier molecular flexibility index (Phi) is 6.92. The van der Waals surface area contributed by atoms with Crippen LogP contribution in [0.3, 0.4) is 0 Å². The summed E-state index contributed by atoms with van der Waals surface area (Å²) in [6.07, 6.45) is 1.71. The summed E-state index contributed by atoms with van der Waals surface area (Å²) in [5.41, 5.74) is 4.08. The molecule has 2 N–H and O–H groups in total. The molecule has 8 nitrogen and oxygen atoms in total. The fraction of sp³-hybridized carbons (Fsp3) is 0.320. The van der Waals surface area contributed by atoms with E-state index in [1.165, 1.54) is 0 Å². The second-order valence-corrected chi connectivity index (χ2v) is 7.93. The number of likely N-dealkylation sites (tertiary alicyclic amines) is 1. The van der Waals surface area contributed by atoms with Gasteiger partial charge in [0, 0.05) is 36.0 Å². The molecule has 1 aromatic heterocycles. The molecule has 0 spiro atoms. The molecule has 2 heterocycles. The molecule has 1 fully saturated rings. The highest BCUT2D eigenvalue weighted by atomic mass is 16.5. The molecule has 1 saturated heterocycles. The molecule has 0 atom stereocenters. The number of H-pyrrole nitrogens is 1. The van der Waals surface area contributed by atoms with E-state index >= 15 is 0 Å². The van der Waals surface area contributed by atoms with Crippen molar-refractivity contribution in [1.82, 2.24) is 15.1 Å². The minimum absolute atomic E-state index is 0.140. The van der Waals surface area contributed by atoms with Crippen molar-refractivity contribution >= 4 is 17.7 Å². The van der Waals surface area contributed by atoms with Crippen LogP contribution in [0.15, 0.2) is 54.6 Å². The van der Waals surface area contributed by atoms with E-state index in [1.54, 1.807) is 38.3 Å². The smallest absolute Gasteiger partial charge is 0.338 e. The van der Waals surface area contributed by atoms with E-state index in [2.05, 4.69) is 21.6 Å². The Morgan fingerprint density at radius 2 is 1.88 bits per heavy atom. The molecule has 2 aromatic carbocycles. The first kappa shape index (κ1) is 22.4. The van der Waals surface area contributed by atoms with Crippen LogP contribution in [0.25, 0.3) is 11.3 Å². The summed E-state index contributed by atoms with van der Waals surface area (Å²) in [6, 6.07) is 16.5. The number of benzene rings is 2. The van der Waals surface area contributed by atoms with E-state index in [0.717, 1.165) is 35.5 Å². The number of carbonyl (C=O) groups excluding carboxylic acids is 2. The molecule has 3 aromatic rings. The van der Waals surface area contributed by atoms with Gasteiger partial charge in [0.1, 0.15) is 5.75 Å². The van der Waals surface area contributed by atoms with Crippen molar-refractivity contribution < 1.29 is 19.1 Å². The Morgan fingerprint density at radius 1 is 1.12 bits per heavy atom. The van der Waals surface area contributed by atoms with Crippen LogP contribution in [0.1, 0.15) is 41.7 Å². The number of aromatic amines is 1. The number of carbonyl (C=O) groups is 2. The molecular formula is C25H28N4O4. The predicted molar refractivity (Wildman–Crippen MR) is 126 cm³/mol. The molecule has 2 amide bonds. The van der Waals surface area contributed by atoms with Gasteiger partial charge in [-0.05, 0) is 62.2 Å². The topological polar surface area (TPSA) is 96.6 Å². The molecule has 0 radical (unpaired) electrons. The average Bonchev–Trinajstić information content (AvgIpc) is 3.35. The highest BCUT2D eigenvalue weighted by Gasteiger charge is 2.25. The number of urea groups is 1. The van der Waals surface area contributed by atoms with E-state index in [1.807, 2.05) is 29.2 Å². The average molecular weight is 449 g/mol. The normalized spacial score (nSPS) is 14.1. The molecule has 0 bridgehead atoms. The second-order valence-electron chi connectivity index (χ2n) is 7.93. The van der Waals surface area contributed by atoms with E-state index in [4.69, 9.17) is 9.47 Å². The highest BCUT2D eigenvalue weighted by Crippen LogP contribution is 2.30. The standard InChI is InChI=1S/C25H28N4O4/c1-3-33-24(30)18-7-9-20(10-8-18)26-25(31)29-13-11-17(12-14-29)22-16-23(28-27-22)19-5-4-6-21(15-19)32-2/h4-10,15-17H,3,11-14H2,1-2H3,(H,26,31)(H,27,28). The zero-order chi connectivity index (χ0) is 23.2. The summed E-state index contributed by atoms with van der Waals surface area (Å²) in [4.78, 5) is 26.2. The van der Waals surface area contributed by atoms with Crippen molar-refractivity contribution in [3.8, 4) is 17.0 Å². The lowest BCUT2D eigenvalue weighted by Crippen LogP contribution is -2.40. The lowest BCUT2D eigenvalue weighted by molar-refractivity contribution is 0.0526. The first-order chi connectivity index (χ1) is 16.1. The molecule has 8 heteroatoms. The fourth-order valence-electron chi connectivity index (χ4n) is 3.98. The molecule has 1 aliphatic rings. The molecule has 1 aliphatic heterocycles. The number of nitrogens with one attached hydrogen (secondary N) is 2. The maximum Gasteiger partial charge on any atom is 0.338 e. The molecule has 4 rings (SSSR count). The second kappa shape index (κ2) is 10.2. The van der Waals surface area contributed by atoms with Gasteiger partial charge in [-0.15, -0.1) is 0 Å². The summed E-state index contributed by atoms with van der Waals surface area (Å²) >= 11 is 0. The van der Waals surface area contributed by atoms with E-state index < -0.39 is 0 Å². The third kappa shape index (κ3) is 5.34. The van der Waals surface area contributed by atoms with Gasteiger partial charge in [-0.25, -0.2) is 9.59 Å². The van der Waals surface area contributed by atoms with Crippen molar-refractivity contribution in [1.29, 1.82) is 0 Å². The van der Waals surface area contributed by atoms with Crippen LogP contribution in [0.5, 0.6) is 5.75 Å². The van der Waals surface area contributed by atoms with Gasteiger partial charge in [-0.1, -0.05) is 12.1 Å². The van der Waals surface area contributed by atoms with Crippen LogP contribution in [0.4, 0.5) is 10.5 Å². The third-order valence-corrected chi connectivity index (χ3v) is 5.83. The zero-order valence-corrected chi connectivity index (χ0v) is 18.8. The lowest BCUT2D eigenvalue weighted by Gasteiger charge is -2.31. The van der Waals surface area contributed by atoms with Gasteiger partial charge in [-0.2, -0.15) is 5.10 Å². The van der Waals surface area contributed by atoms with Crippen LogP contribution in [-0.4, -0.2) is 53.9 Å². The summed E-state index contributed by atoms with van der Waals surface area (Å²) < 4.78 is 10.3. The number of hydrogen-bond acceptors (Lipinski definition) is 5. The van der Waals surface area contributed by atoms with Crippen molar-refractivity contribution in [2.24, 2.45) is 0 Å². The van der Waals surface area contributed by atoms with Gasteiger partial charge >= 0.3 is 12.0 Å². The molecule has 0 unspecified atom stereocenters. The van der Waals surface area contributed by atoms with Crippen LogP contribution >= 0.6 is 0 Å². The molecule has 0 saturated carbocycles. The van der Waals surface area contributed by atoms with E-state index in [0.29, 0.717) is 36.9 Å². The maximum absolute atomic E-state index is 12.7. The van der Waals surface area contributed by atoms with Crippen molar-refractivity contribution in [3.63, 3.8) is 0 Å². The number of rotatable bonds is 6. The van der Waals surface area contributed by atoms with Gasteiger partial charge in [-0.3, -0.25) is 5.10 Å². The molecule has 172 valence electrons. The minimum atomic E-state index is -0.370. The number of hydrogen-bond donors (Lipinski definition) is 2. The van der Waals surface area contributed by atoms with Crippen molar-refractivity contribution in [2.45, 2.75) is 25.7 Å². The predicted octanol–water partition coefficient (Wildman–Crippen LogP) is 4.67. The van der Waals surface area contributed by atoms with Gasteiger partial charge < -0.3 is 19.7 Å². The monoisotopic (exact) mass is 448 g/mol. The Balaban J connectivity index is 1.31. The third-order valence-electron chi connectivity index (χ3n) is 5.83. The van der Waals surface area contributed by atoms with Gasteiger partial charge in [0.2, 0.25) is 0 Å². The van der Waals surface area contributed by atoms with E-state index in [9.17, 15) is 9.59 Å². The zero-order valence-electron chi connectivity index (χ0n) is 18.8.